The van der Waals surface area contributed by atoms with E-state index in [-0.39, 0.29) is 12.1 Å². The van der Waals surface area contributed by atoms with Crippen molar-refractivity contribution in [2.45, 2.75) is 32.0 Å². The van der Waals surface area contributed by atoms with Gasteiger partial charge in [0.15, 0.2) is 0 Å². The van der Waals surface area contributed by atoms with E-state index in [0.717, 1.165) is 72.8 Å². The lowest BCUT2D eigenvalue weighted by molar-refractivity contribution is -0.0591. The summed E-state index contributed by atoms with van der Waals surface area (Å²) in [6.45, 7) is 4.08. The summed E-state index contributed by atoms with van der Waals surface area (Å²) in [4.78, 5) is 23.9. The van der Waals surface area contributed by atoms with Gasteiger partial charge < -0.3 is 14.0 Å². The zero-order valence-corrected chi connectivity index (χ0v) is 19.5. The fourth-order valence-corrected chi connectivity index (χ4v) is 4.59. The molecule has 2 aromatic heterocycles. The molecule has 0 spiro atoms. The van der Waals surface area contributed by atoms with Crippen molar-refractivity contribution in [3.63, 3.8) is 0 Å². The summed E-state index contributed by atoms with van der Waals surface area (Å²) < 4.78 is 13.7. The number of rotatable bonds is 6. The molecule has 5 rings (SSSR count). The van der Waals surface area contributed by atoms with Gasteiger partial charge in [0.25, 0.3) is 0 Å². The molecule has 4 heterocycles. The molecule has 166 valence electrons. The van der Waals surface area contributed by atoms with Gasteiger partial charge in [-0.25, -0.2) is 14.8 Å². The molecule has 2 aliphatic heterocycles. The summed E-state index contributed by atoms with van der Waals surface area (Å²) in [5, 5.41) is 0. The molecule has 1 saturated heterocycles. The van der Waals surface area contributed by atoms with Crippen molar-refractivity contribution in [3.05, 3.63) is 64.2 Å². The highest BCUT2D eigenvalue weighted by molar-refractivity contribution is 9.10. The van der Waals surface area contributed by atoms with Gasteiger partial charge in [-0.05, 0) is 64.7 Å². The Bertz CT molecular complexity index is 1190. The fraction of sp³-hybridized carbons (Fsp3) is 0.375. The van der Waals surface area contributed by atoms with Gasteiger partial charge in [0, 0.05) is 19.7 Å². The Morgan fingerprint density at radius 2 is 2.16 bits per heavy atom. The van der Waals surface area contributed by atoms with Crippen LogP contribution in [0.1, 0.15) is 34.7 Å². The molecule has 0 bridgehead atoms. The summed E-state index contributed by atoms with van der Waals surface area (Å²) in [7, 11) is 1.40. The monoisotopic (exact) mass is 496 g/mol. The van der Waals surface area contributed by atoms with Crippen LogP contribution < -0.4 is 0 Å². The molecule has 1 aromatic carbocycles. The van der Waals surface area contributed by atoms with Crippen LogP contribution in [0.2, 0.25) is 0 Å². The number of halogens is 1. The second-order valence-electron chi connectivity index (χ2n) is 8.18. The number of nitrogens with zero attached hydrogens (tertiary/aromatic N) is 4. The predicted octanol–water partition coefficient (Wildman–Crippen LogP) is 4.06. The van der Waals surface area contributed by atoms with Gasteiger partial charge in [0.1, 0.15) is 10.4 Å². The molecule has 0 unspecified atom stereocenters. The number of fused-ring (bicyclic) bond motifs is 1. The van der Waals surface area contributed by atoms with Crippen LogP contribution in [0.3, 0.4) is 0 Å². The Labute approximate surface area is 195 Å². The Kier molecular flexibility index (Phi) is 6.08. The molecule has 32 heavy (non-hydrogen) atoms. The van der Waals surface area contributed by atoms with Gasteiger partial charge in [-0.1, -0.05) is 12.1 Å². The summed E-state index contributed by atoms with van der Waals surface area (Å²) in [6, 6.07) is 11.6. The highest BCUT2D eigenvalue weighted by Crippen LogP contribution is 2.26. The molecule has 0 saturated carbocycles. The number of aromatic nitrogens is 3. The van der Waals surface area contributed by atoms with Crippen molar-refractivity contribution in [1.82, 2.24) is 19.4 Å². The molecule has 1 fully saturated rings. The number of imidazole rings is 1. The summed E-state index contributed by atoms with van der Waals surface area (Å²) in [5.74, 6) is 0.658. The molecule has 0 N–H and O–H groups in total. The van der Waals surface area contributed by atoms with Crippen LogP contribution in [0, 0.1) is 0 Å². The topological polar surface area (TPSA) is 69.5 Å². The summed E-state index contributed by atoms with van der Waals surface area (Å²) >= 11 is 3.46. The van der Waals surface area contributed by atoms with Crippen LogP contribution in [-0.2, 0) is 22.6 Å². The molecule has 3 aromatic rings. The molecular weight excluding hydrogens is 472 g/mol. The largest absolute Gasteiger partial charge is 0.465 e. The zero-order chi connectivity index (χ0) is 22.1. The maximum absolute atomic E-state index is 12.1. The van der Waals surface area contributed by atoms with Crippen LogP contribution in [0.5, 0.6) is 0 Å². The third-order valence-corrected chi connectivity index (χ3v) is 6.57. The van der Waals surface area contributed by atoms with E-state index in [0.29, 0.717) is 5.56 Å². The summed E-state index contributed by atoms with van der Waals surface area (Å²) in [6.07, 6.45) is 4.45. The lowest BCUT2D eigenvalue weighted by Gasteiger charge is -2.29. The molecule has 7 nitrogen and oxygen atoms in total. The van der Waals surface area contributed by atoms with E-state index in [1.807, 2.05) is 24.3 Å². The smallest absolute Gasteiger partial charge is 0.337 e. The quantitative estimate of drug-likeness (QED) is 0.378. The van der Waals surface area contributed by atoms with Crippen molar-refractivity contribution in [2.24, 2.45) is 0 Å². The van der Waals surface area contributed by atoms with Crippen molar-refractivity contribution in [2.75, 3.05) is 26.8 Å². The SMILES string of the molecule is COC(=O)c1ccc2nc(CN3CC=C(c4cccc(Br)n4)CC3)n(C[C@@H]3CCO3)c2c1. The van der Waals surface area contributed by atoms with Gasteiger partial charge in [0.05, 0.1) is 48.6 Å². The molecule has 2 aliphatic rings. The third-order valence-electron chi connectivity index (χ3n) is 6.13. The maximum Gasteiger partial charge on any atom is 0.337 e. The highest BCUT2D eigenvalue weighted by Gasteiger charge is 2.24. The number of methoxy groups -OCH3 is 1. The van der Waals surface area contributed by atoms with Crippen LogP contribution in [0.4, 0.5) is 0 Å². The first kappa shape index (κ1) is 21.3. The Morgan fingerprint density at radius 3 is 2.84 bits per heavy atom. The summed E-state index contributed by atoms with van der Waals surface area (Å²) in [5.41, 5.74) is 4.68. The van der Waals surface area contributed by atoms with Crippen LogP contribution in [0.25, 0.3) is 16.6 Å². The zero-order valence-electron chi connectivity index (χ0n) is 18.0. The van der Waals surface area contributed by atoms with E-state index in [4.69, 9.17) is 14.5 Å². The van der Waals surface area contributed by atoms with Crippen LogP contribution in [-0.4, -0.2) is 58.3 Å². The predicted molar refractivity (Wildman–Crippen MR) is 125 cm³/mol. The number of hydrogen-bond acceptors (Lipinski definition) is 6. The Balaban J connectivity index is 1.39. The number of hydrogen-bond donors (Lipinski definition) is 0. The maximum atomic E-state index is 12.1. The molecule has 0 aliphatic carbocycles. The number of carbonyl (C=O) groups is 1. The van der Waals surface area contributed by atoms with E-state index < -0.39 is 0 Å². The van der Waals surface area contributed by atoms with E-state index >= 15 is 0 Å². The minimum atomic E-state index is -0.337. The lowest BCUT2D eigenvalue weighted by atomic mass is 10.0. The van der Waals surface area contributed by atoms with E-state index in [1.165, 1.54) is 12.7 Å². The average molecular weight is 497 g/mol. The van der Waals surface area contributed by atoms with Crippen LogP contribution >= 0.6 is 15.9 Å². The number of esters is 1. The first-order valence-electron chi connectivity index (χ1n) is 10.8. The normalized spacial score (nSPS) is 18.9. The minimum Gasteiger partial charge on any atom is -0.465 e. The molecule has 0 amide bonds. The number of benzene rings is 1. The Morgan fingerprint density at radius 1 is 1.28 bits per heavy atom. The lowest BCUT2D eigenvalue weighted by Crippen LogP contribution is -2.33. The van der Waals surface area contributed by atoms with Gasteiger partial charge in [0.2, 0.25) is 0 Å². The van der Waals surface area contributed by atoms with Crippen molar-refractivity contribution in [3.8, 4) is 0 Å². The second kappa shape index (κ2) is 9.13. The van der Waals surface area contributed by atoms with Gasteiger partial charge in [-0.3, -0.25) is 4.90 Å². The Hall–Kier alpha value is -2.55. The van der Waals surface area contributed by atoms with E-state index in [1.54, 1.807) is 6.07 Å². The van der Waals surface area contributed by atoms with Crippen molar-refractivity contribution < 1.29 is 14.3 Å². The standard InChI is InChI=1S/C24H25BrN4O3/c1-31-24(30)17-5-6-20-21(13-17)29(14-18-9-12-32-18)23(27-20)15-28-10-7-16(8-11-28)19-3-2-4-22(25)26-19/h2-7,13,18H,8-12,14-15H2,1H3/t18-/m0/s1. The van der Waals surface area contributed by atoms with Gasteiger partial charge >= 0.3 is 5.97 Å². The minimum absolute atomic E-state index is 0.198. The van der Waals surface area contributed by atoms with E-state index in [9.17, 15) is 4.79 Å². The highest BCUT2D eigenvalue weighted by atomic mass is 79.9. The van der Waals surface area contributed by atoms with Gasteiger partial charge in [-0.15, -0.1) is 0 Å². The molecule has 0 radical (unpaired) electrons. The first-order valence-corrected chi connectivity index (χ1v) is 11.6. The van der Waals surface area contributed by atoms with Gasteiger partial charge in [-0.2, -0.15) is 0 Å². The fourth-order valence-electron chi connectivity index (χ4n) is 4.25. The van der Waals surface area contributed by atoms with E-state index in [2.05, 4.69) is 42.5 Å². The number of carbonyl (C=O) groups excluding carboxylic acids is 1. The number of ether oxygens (including phenoxy) is 2. The van der Waals surface area contributed by atoms with Crippen LogP contribution in [0.15, 0.2) is 47.1 Å². The average Bonchev–Trinajstić information content (AvgIpc) is 3.12. The van der Waals surface area contributed by atoms with Crippen molar-refractivity contribution >= 4 is 38.5 Å². The second-order valence-corrected chi connectivity index (χ2v) is 8.99. The third kappa shape index (κ3) is 4.35. The van der Waals surface area contributed by atoms with Crippen molar-refractivity contribution in [1.29, 1.82) is 0 Å². The number of pyridine rings is 1. The molecular formula is C24H25BrN4O3. The molecule has 1 atom stereocenters. The first-order chi connectivity index (χ1) is 15.6. The molecule has 8 heteroatoms.